The fraction of sp³-hybridized carbons (Fsp3) is 0.907. The molecule has 0 bridgehead atoms. The van der Waals surface area contributed by atoms with Crippen LogP contribution in [0.4, 0.5) is 0 Å². The molecule has 2 saturated heterocycles. The van der Waals surface area contributed by atoms with Crippen LogP contribution < -0.4 is 0 Å². The molecule has 0 radical (unpaired) electrons. The van der Waals surface area contributed by atoms with Crippen molar-refractivity contribution in [2.45, 2.75) is 173 Å². The molecule has 330 valence electrons. The van der Waals surface area contributed by atoms with Gasteiger partial charge in [0.05, 0.1) is 37.3 Å². The number of rotatable bonds is 8. The average molecular weight is 825 g/mol. The minimum absolute atomic E-state index is 0.125. The van der Waals surface area contributed by atoms with Crippen molar-refractivity contribution >= 4 is 11.9 Å². The molecule has 2 aliphatic heterocycles. The number of hydrogen-bond acceptors (Lipinski definition) is 14. The van der Waals surface area contributed by atoms with Crippen LogP contribution >= 0.6 is 0 Å². The summed E-state index contributed by atoms with van der Waals surface area (Å²) in [5.74, 6) is -0.839. The molecule has 0 spiro atoms. The number of ether oxygens (including phenoxy) is 5. The molecular formula is C43H68O15. The normalized spacial score (nSPS) is 52.6. The zero-order valence-electron chi connectivity index (χ0n) is 35.1. The fourth-order valence-electron chi connectivity index (χ4n) is 13.9. The van der Waals surface area contributed by atoms with Crippen molar-refractivity contribution in [2.24, 2.45) is 50.2 Å². The Balaban J connectivity index is 1.12. The van der Waals surface area contributed by atoms with Crippen LogP contribution in [0, 0.1) is 50.2 Å². The first-order chi connectivity index (χ1) is 27.1. The minimum Gasteiger partial charge on any atom is -0.481 e. The van der Waals surface area contributed by atoms with Gasteiger partial charge in [-0.25, -0.2) is 0 Å². The van der Waals surface area contributed by atoms with E-state index in [0.29, 0.717) is 32.1 Å². The molecule has 7 aliphatic rings. The molecular weight excluding hydrogens is 756 g/mol. The first-order valence-corrected chi connectivity index (χ1v) is 21.4. The Labute approximate surface area is 341 Å². The second-order valence-corrected chi connectivity index (χ2v) is 20.6. The van der Waals surface area contributed by atoms with Crippen LogP contribution in [0.5, 0.6) is 0 Å². The molecule has 0 amide bonds. The second kappa shape index (κ2) is 15.2. The molecule has 15 heteroatoms. The lowest BCUT2D eigenvalue weighted by Gasteiger charge is -2.71. The number of esters is 1. The van der Waals surface area contributed by atoms with E-state index in [-0.39, 0.29) is 40.0 Å². The SMILES string of the molecule is COC(=O)[C@@]1(C)CC[C@]2(C(=O)O)CC[C@]3(C)C(=CC[C@@H]4[C@@]5(C)CC[C@H](O[C@@H]6O[C@H](CO)[C@@H](O)[C@H](O[C@@H]7O[C@H](CO)[C@H](O)[C@H](O)[C@H]7O)[C@H]6O)C(C)(C)[C@@H]5CC[C@]43C)[C@@H]2C1. The van der Waals surface area contributed by atoms with Gasteiger partial charge >= 0.3 is 11.9 Å². The number of carbonyl (C=O) groups excluding carboxylic acids is 1. The summed E-state index contributed by atoms with van der Waals surface area (Å²) in [5.41, 5.74) is -1.42. The van der Waals surface area contributed by atoms with Gasteiger partial charge in [-0.3, -0.25) is 9.59 Å². The molecule has 6 fully saturated rings. The number of aliphatic hydroxyl groups excluding tert-OH is 7. The molecule has 5 aliphatic carbocycles. The Kier molecular flexibility index (Phi) is 11.6. The summed E-state index contributed by atoms with van der Waals surface area (Å²) in [6.07, 6.45) is -6.63. The first-order valence-electron chi connectivity index (χ1n) is 21.4. The molecule has 4 saturated carbocycles. The third-order valence-corrected chi connectivity index (χ3v) is 17.7. The Morgan fingerprint density at radius 2 is 1.36 bits per heavy atom. The lowest BCUT2D eigenvalue weighted by molar-refractivity contribution is -0.369. The summed E-state index contributed by atoms with van der Waals surface area (Å²) in [4.78, 5) is 26.3. The van der Waals surface area contributed by atoms with Crippen molar-refractivity contribution in [2.75, 3.05) is 20.3 Å². The van der Waals surface area contributed by atoms with Gasteiger partial charge in [0.15, 0.2) is 12.6 Å². The summed E-state index contributed by atoms with van der Waals surface area (Å²) >= 11 is 0. The van der Waals surface area contributed by atoms with Crippen molar-refractivity contribution in [3.8, 4) is 0 Å². The van der Waals surface area contributed by atoms with Gasteiger partial charge in [0, 0.05) is 0 Å². The molecule has 19 atom stereocenters. The van der Waals surface area contributed by atoms with Crippen LogP contribution in [0.3, 0.4) is 0 Å². The Morgan fingerprint density at radius 3 is 1.98 bits per heavy atom. The molecule has 0 aromatic heterocycles. The standard InChI is InChI=1S/C43H68O15/c1-38(2)25-10-13-42(6)26(9-8-21-22-18-39(3,37(53)54-7)14-16-43(22,36(51)52)17-15-41(21,42)5)40(25,4)12-11-27(38)57-35-32(50)33(29(47)24(20-45)56-35)58-34-31(49)30(48)28(46)23(19-44)55-34/h8,22-35,44-50H,9-20H2,1-7H3,(H,51,52)/t22-,23+,24+,25-,26+,27-,28-,29+,30-,31+,32+,33-,34-,35-,39-,40-,41+,42+,43-/m0/s1. The summed E-state index contributed by atoms with van der Waals surface area (Å²) in [5, 5.41) is 84.5. The highest BCUT2D eigenvalue weighted by Crippen LogP contribution is 2.76. The fourth-order valence-corrected chi connectivity index (χ4v) is 13.9. The van der Waals surface area contributed by atoms with Crippen LogP contribution in [-0.4, -0.2) is 141 Å². The summed E-state index contributed by atoms with van der Waals surface area (Å²) in [6, 6.07) is 0. The van der Waals surface area contributed by atoms with Crippen molar-refractivity contribution in [3.63, 3.8) is 0 Å². The number of aliphatic hydroxyl groups is 7. The lowest BCUT2D eigenvalue weighted by Crippen LogP contribution is -2.67. The monoisotopic (exact) mass is 824 g/mol. The first kappa shape index (κ1) is 44.3. The molecule has 8 N–H and O–H groups in total. The van der Waals surface area contributed by atoms with E-state index in [1.165, 1.54) is 12.7 Å². The quantitative estimate of drug-likeness (QED) is 0.0993. The average Bonchev–Trinajstić information content (AvgIpc) is 3.18. The van der Waals surface area contributed by atoms with Gasteiger partial charge in [-0.15, -0.1) is 0 Å². The van der Waals surface area contributed by atoms with Crippen molar-refractivity contribution < 1.29 is 74.1 Å². The van der Waals surface area contributed by atoms with E-state index in [4.69, 9.17) is 23.7 Å². The minimum atomic E-state index is -1.78. The summed E-state index contributed by atoms with van der Waals surface area (Å²) < 4.78 is 29.2. The molecule has 7 rings (SSSR count). The number of aliphatic carboxylic acids is 1. The molecule has 0 aromatic rings. The van der Waals surface area contributed by atoms with Gasteiger partial charge in [0.1, 0.15) is 48.8 Å². The Bertz CT molecular complexity index is 1600. The third kappa shape index (κ3) is 6.38. The van der Waals surface area contributed by atoms with E-state index in [1.54, 1.807) is 0 Å². The topological polar surface area (TPSA) is 242 Å². The van der Waals surface area contributed by atoms with Crippen LogP contribution in [0.15, 0.2) is 11.6 Å². The van der Waals surface area contributed by atoms with Crippen LogP contribution in [-0.2, 0) is 33.3 Å². The number of hydrogen-bond donors (Lipinski definition) is 8. The van der Waals surface area contributed by atoms with E-state index in [0.717, 1.165) is 32.1 Å². The van der Waals surface area contributed by atoms with Crippen molar-refractivity contribution in [3.05, 3.63) is 11.6 Å². The number of methoxy groups -OCH3 is 1. The number of carboxylic acids is 1. The highest BCUT2D eigenvalue weighted by molar-refractivity contribution is 5.80. The zero-order chi connectivity index (χ0) is 42.5. The van der Waals surface area contributed by atoms with Gasteiger partial charge in [-0.05, 0) is 111 Å². The van der Waals surface area contributed by atoms with E-state index in [9.17, 15) is 50.4 Å². The molecule has 0 unspecified atom stereocenters. The number of carbonyl (C=O) groups is 2. The highest BCUT2D eigenvalue weighted by Gasteiger charge is 2.70. The van der Waals surface area contributed by atoms with Crippen LogP contribution in [0.25, 0.3) is 0 Å². The molecule has 2 heterocycles. The van der Waals surface area contributed by atoms with E-state index >= 15 is 0 Å². The smallest absolute Gasteiger partial charge is 0.311 e. The summed E-state index contributed by atoms with van der Waals surface area (Å²) in [7, 11) is 1.41. The molecule has 15 nitrogen and oxygen atoms in total. The second-order valence-electron chi connectivity index (χ2n) is 20.6. The van der Waals surface area contributed by atoms with Crippen molar-refractivity contribution in [1.82, 2.24) is 0 Å². The Morgan fingerprint density at radius 1 is 0.741 bits per heavy atom. The van der Waals surface area contributed by atoms with Gasteiger partial charge in [0.2, 0.25) is 0 Å². The maximum atomic E-state index is 13.2. The van der Waals surface area contributed by atoms with Gasteiger partial charge in [-0.1, -0.05) is 46.3 Å². The number of allylic oxidation sites excluding steroid dienone is 2. The maximum Gasteiger partial charge on any atom is 0.311 e. The zero-order valence-corrected chi connectivity index (χ0v) is 35.1. The summed E-state index contributed by atoms with van der Waals surface area (Å²) in [6.45, 7) is 12.1. The van der Waals surface area contributed by atoms with E-state index in [1.807, 2.05) is 6.92 Å². The predicted molar refractivity (Wildman–Crippen MR) is 204 cm³/mol. The van der Waals surface area contributed by atoms with Crippen LogP contribution in [0.1, 0.15) is 106 Å². The Hall–Kier alpha value is -1.76. The molecule has 58 heavy (non-hydrogen) atoms. The van der Waals surface area contributed by atoms with Gasteiger partial charge < -0.3 is 64.5 Å². The number of fused-ring (bicyclic) bond motifs is 7. The maximum absolute atomic E-state index is 13.2. The highest BCUT2D eigenvalue weighted by atomic mass is 16.7. The third-order valence-electron chi connectivity index (χ3n) is 17.7. The lowest BCUT2D eigenvalue weighted by atomic mass is 9.33. The van der Waals surface area contributed by atoms with Crippen molar-refractivity contribution in [1.29, 1.82) is 0 Å². The molecule has 0 aromatic carbocycles. The van der Waals surface area contributed by atoms with Gasteiger partial charge in [-0.2, -0.15) is 0 Å². The van der Waals surface area contributed by atoms with E-state index < -0.39 is 103 Å². The van der Waals surface area contributed by atoms with Crippen LogP contribution in [0.2, 0.25) is 0 Å². The van der Waals surface area contributed by atoms with E-state index in [2.05, 4.69) is 40.7 Å². The van der Waals surface area contributed by atoms with Gasteiger partial charge in [0.25, 0.3) is 0 Å². The largest absolute Gasteiger partial charge is 0.481 e. The number of carboxylic acid groups (broad SMARTS) is 1. The predicted octanol–water partition coefficient (Wildman–Crippen LogP) is 2.04.